The second-order valence-electron chi connectivity index (χ2n) is 9.02. The van der Waals surface area contributed by atoms with E-state index in [1.165, 1.54) is 44.9 Å². The van der Waals surface area contributed by atoms with Gasteiger partial charge in [-0.05, 0) is 81.7 Å². The van der Waals surface area contributed by atoms with Crippen LogP contribution in [0.3, 0.4) is 0 Å². The standard InChI is InChI=1S/C18H30N2O/c1-17-6-14-5-15(7-17)9-18(8-14,12-17)16(21)20-4-3-13(11-20)10-19-2/h13-15,19H,3-12H2,1-2H3. The van der Waals surface area contributed by atoms with Crippen molar-refractivity contribution < 1.29 is 4.79 Å². The Balaban J connectivity index is 1.52. The number of likely N-dealkylation sites (tertiary alicyclic amines) is 1. The lowest BCUT2D eigenvalue weighted by Crippen LogP contribution is -2.57. The predicted molar refractivity (Wildman–Crippen MR) is 83.8 cm³/mol. The van der Waals surface area contributed by atoms with Crippen LogP contribution in [0.25, 0.3) is 0 Å². The molecule has 4 aliphatic carbocycles. The van der Waals surface area contributed by atoms with Crippen LogP contribution in [-0.4, -0.2) is 37.5 Å². The number of nitrogens with one attached hydrogen (secondary N) is 1. The van der Waals surface area contributed by atoms with Crippen molar-refractivity contribution in [3.63, 3.8) is 0 Å². The van der Waals surface area contributed by atoms with Crippen LogP contribution in [0.4, 0.5) is 0 Å². The zero-order chi connectivity index (χ0) is 14.7. The van der Waals surface area contributed by atoms with E-state index in [9.17, 15) is 4.79 Å². The molecule has 21 heavy (non-hydrogen) atoms. The highest BCUT2D eigenvalue weighted by molar-refractivity contribution is 5.83. The first-order valence-corrected chi connectivity index (χ1v) is 8.96. The topological polar surface area (TPSA) is 32.3 Å². The Morgan fingerprint density at radius 2 is 1.95 bits per heavy atom. The maximum Gasteiger partial charge on any atom is 0.228 e. The van der Waals surface area contributed by atoms with E-state index in [-0.39, 0.29) is 5.41 Å². The molecule has 1 N–H and O–H groups in total. The van der Waals surface area contributed by atoms with E-state index in [1.54, 1.807) is 0 Å². The van der Waals surface area contributed by atoms with Crippen molar-refractivity contribution >= 4 is 5.91 Å². The summed E-state index contributed by atoms with van der Waals surface area (Å²) in [5, 5.41) is 3.27. The Morgan fingerprint density at radius 1 is 1.24 bits per heavy atom. The van der Waals surface area contributed by atoms with E-state index in [0.717, 1.165) is 31.5 Å². The molecular formula is C18H30N2O. The molecule has 0 aromatic carbocycles. The quantitative estimate of drug-likeness (QED) is 0.866. The van der Waals surface area contributed by atoms with Gasteiger partial charge in [-0.1, -0.05) is 6.92 Å². The smallest absolute Gasteiger partial charge is 0.228 e. The first-order valence-electron chi connectivity index (χ1n) is 8.96. The Labute approximate surface area is 128 Å². The Morgan fingerprint density at radius 3 is 2.57 bits per heavy atom. The molecule has 1 aliphatic heterocycles. The fourth-order valence-corrected chi connectivity index (χ4v) is 6.78. The van der Waals surface area contributed by atoms with Crippen molar-refractivity contribution in [2.24, 2.45) is 28.6 Å². The van der Waals surface area contributed by atoms with Gasteiger partial charge < -0.3 is 10.2 Å². The molecule has 4 saturated carbocycles. The molecule has 1 heterocycles. The average Bonchev–Trinajstić information content (AvgIpc) is 2.84. The minimum atomic E-state index is 0.0351. The first-order chi connectivity index (χ1) is 10.0. The largest absolute Gasteiger partial charge is 0.342 e. The predicted octanol–water partition coefficient (Wildman–Crippen LogP) is 2.66. The molecule has 5 fully saturated rings. The highest BCUT2D eigenvalue weighted by Crippen LogP contribution is 2.65. The van der Waals surface area contributed by atoms with E-state index in [1.807, 2.05) is 7.05 Å². The van der Waals surface area contributed by atoms with Gasteiger partial charge in [0.05, 0.1) is 5.41 Å². The summed E-state index contributed by atoms with van der Waals surface area (Å²) < 4.78 is 0. The second-order valence-corrected chi connectivity index (χ2v) is 9.02. The summed E-state index contributed by atoms with van der Waals surface area (Å²) in [5.41, 5.74) is 0.511. The van der Waals surface area contributed by atoms with Crippen LogP contribution in [0.15, 0.2) is 0 Å². The summed E-state index contributed by atoms with van der Waals surface area (Å²) in [6.45, 7) is 5.51. The third kappa shape index (κ3) is 2.23. The van der Waals surface area contributed by atoms with E-state index >= 15 is 0 Å². The van der Waals surface area contributed by atoms with Gasteiger partial charge >= 0.3 is 0 Å². The number of carbonyl (C=O) groups excluding carboxylic acids is 1. The van der Waals surface area contributed by atoms with Gasteiger partial charge in [-0.15, -0.1) is 0 Å². The van der Waals surface area contributed by atoms with Gasteiger partial charge in [0.25, 0.3) is 0 Å². The van der Waals surface area contributed by atoms with Gasteiger partial charge in [0, 0.05) is 13.1 Å². The highest BCUT2D eigenvalue weighted by Gasteiger charge is 2.59. The number of amides is 1. The molecule has 0 spiro atoms. The van der Waals surface area contributed by atoms with Crippen molar-refractivity contribution in [2.75, 3.05) is 26.7 Å². The SMILES string of the molecule is CNCC1CCN(C(=O)C23CC4CC(CC(C)(C4)C2)C3)C1. The lowest BCUT2D eigenvalue weighted by Gasteiger charge is -2.61. The van der Waals surface area contributed by atoms with Crippen LogP contribution in [0, 0.1) is 28.6 Å². The number of nitrogens with zero attached hydrogens (tertiary/aromatic N) is 1. The normalized spacial score (nSPS) is 48.1. The van der Waals surface area contributed by atoms with Crippen molar-refractivity contribution in [1.82, 2.24) is 10.2 Å². The molecule has 1 saturated heterocycles. The van der Waals surface area contributed by atoms with Gasteiger partial charge in [-0.2, -0.15) is 0 Å². The van der Waals surface area contributed by atoms with Crippen molar-refractivity contribution in [3.8, 4) is 0 Å². The number of rotatable bonds is 3. The maximum absolute atomic E-state index is 13.3. The van der Waals surface area contributed by atoms with Crippen LogP contribution in [0.2, 0.25) is 0 Å². The molecule has 5 aliphatic rings. The van der Waals surface area contributed by atoms with Crippen LogP contribution in [-0.2, 0) is 4.79 Å². The summed E-state index contributed by atoms with van der Waals surface area (Å²) >= 11 is 0. The minimum Gasteiger partial charge on any atom is -0.342 e. The molecule has 0 aromatic rings. The van der Waals surface area contributed by atoms with Gasteiger partial charge in [-0.25, -0.2) is 0 Å². The molecule has 5 rings (SSSR count). The summed E-state index contributed by atoms with van der Waals surface area (Å²) in [6.07, 6.45) is 8.96. The fraction of sp³-hybridized carbons (Fsp3) is 0.944. The zero-order valence-electron chi connectivity index (χ0n) is 13.7. The fourth-order valence-electron chi connectivity index (χ4n) is 6.78. The molecule has 3 heteroatoms. The zero-order valence-corrected chi connectivity index (χ0v) is 13.7. The van der Waals surface area contributed by atoms with Gasteiger partial charge in [0.2, 0.25) is 5.91 Å². The number of hydrogen-bond donors (Lipinski definition) is 1. The van der Waals surface area contributed by atoms with Gasteiger partial charge in [0.15, 0.2) is 0 Å². The molecule has 3 nitrogen and oxygen atoms in total. The molecular weight excluding hydrogens is 260 g/mol. The van der Waals surface area contributed by atoms with Gasteiger partial charge in [0.1, 0.15) is 0 Å². The monoisotopic (exact) mass is 290 g/mol. The Kier molecular flexibility index (Phi) is 3.15. The minimum absolute atomic E-state index is 0.0351. The molecule has 4 bridgehead atoms. The molecule has 3 atom stereocenters. The Bertz CT molecular complexity index is 432. The maximum atomic E-state index is 13.3. The van der Waals surface area contributed by atoms with Crippen LogP contribution < -0.4 is 5.32 Å². The van der Waals surface area contributed by atoms with Crippen LogP contribution in [0.1, 0.15) is 51.9 Å². The number of carbonyl (C=O) groups is 1. The summed E-state index contributed by atoms with van der Waals surface area (Å²) in [6, 6.07) is 0. The van der Waals surface area contributed by atoms with Crippen LogP contribution in [0.5, 0.6) is 0 Å². The molecule has 1 amide bonds. The van der Waals surface area contributed by atoms with E-state index in [4.69, 9.17) is 0 Å². The second kappa shape index (κ2) is 4.71. The lowest BCUT2D eigenvalue weighted by molar-refractivity contribution is -0.165. The van der Waals surface area contributed by atoms with E-state index < -0.39 is 0 Å². The molecule has 0 aromatic heterocycles. The first kappa shape index (κ1) is 14.0. The lowest BCUT2D eigenvalue weighted by atomic mass is 9.44. The van der Waals surface area contributed by atoms with Gasteiger partial charge in [-0.3, -0.25) is 4.79 Å². The van der Waals surface area contributed by atoms with Crippen molar-refractivity contribution in [2.45, 2.75) is 51.9 Å². The molecule has 0 radical (unpaired) electrons. The van der Waals surface area contributed by atoms with Crippen molar-refractivity contribution in [3.05, 3.63) is 0 Å². The number of hydrogen-bond acceptors (Lipinski definition) is 2. The third-order valence-electron chi connectivity index (χ3n) is 6.87. The van der Waals surface area contributed by atoms with Crippen molar-refractivity contribution in [1.29, 1.82) is 0 Å². The van der Waals surface area contributed by atoms with E-state index in [0.29, 0.717) is 17.2 Å². The summed E-state index contributed by atoms with van der Waals surface area (Å²) in [4.78, 5) is 15.5. The van der Waals surface area contributed by atoms with Crippen LogP contribution >= 0.6 is 0 Å². The summed E-state index contributed by atoms with van der Waals surface area (Å²) in [7, 11) is 2.02. The highest BCUT2D eigenvalue weighted by atomic mass is 16.2. The third-order valence-corrected chi connectivity index (χ3v) is 6.87. The van der Waals surface area contributed by atoms with E-state index in [2.05, 4.69) is 17.1 Å². The molecule has 3 unspecified atom stereocenters. The summed E-state index contributed by atoms with van der Waals surface area (Å²) in [5.74, 6) is 2.89. The Hall–Kier alpha value is -0.570. The molecule has 118 valence electrons. The average molecular weight is 290 g/mol.